The number of benzene rings is 1. The first-order valence-electron chi connectivity index (χ1n) is 9.33. The highest BCUT2D eigenvalue weighted by atomic mass is 32.1. The van der Waals surface area contributed by atoms with Gasteiger partial charge in [-0.2, -0.15) is 0 Å². The molecule has 0 N–H and O–H groups in total. The van der Waals surface area contributed by atoms with E-state index in [0.29, 0.717) is 11.3 Å². The molecule has 29 heavy (non-hydrogen) atoms. The molecule has 0 amide bonds. The van der Waals surface area contributed by atoms with Crippen molar-refractivity contribution >= 4 is 28.1 Å². The van der Waals surface area contributed by atoms with E-state index in [9.17, 15) is 9.59 Å². The molecule has 7 heteroatoms. The van der Waals surface area contributed by atoms with E-state index in [1.165, 1.54) is 11.3 Å². The first-order valence-corrected chi connectivity index (χ1v) is 10.2. The van der Waals surface area contributed by atoms with Crippen molar-refractivity contribution in [1.82, 2.24) is 14.0 Å². The Labute approximate surface area is 172 Å². The number of Topliss-reactive ketones (excluding diaryl/α,β-unsaturated/α-hetero) is 1. The molecular formula is C22H21N3O3S. The molecule has 0 spiro atoms. The summed E-state index contributed by atoms with van der Waals surface area (Å²) in [7, 11) is 0. The van der Waals surface area contributed by atoms with Crippen LogP contribution in [0.1, 0.15) is 34.4 Å². The minimum Gasteiger partial charge on any atom is -0.454 e. The van der Waals surface area contributed by atoms with Crippen molar-refractivity contribution in [2.45, 2.75) is 33.3 Å². The van der Waals surface area contributed by atoms with E-state index in [0.717, 1.165) is 22.0 Å². The highest BCUT2D eigenvalue weighted by Crippen LogP contribution is 2.22. The summed E-state index contributed by atoms with van der Waals surface area (Å²) >= 11 is 1.50. The number of thiazole rings is 1. The average molecular weight is 407 g/mol. The lowest BCUT2D eigenvalue weighted by atomic mass is 10.1. The molecule has 6 nitrogen and oxygen atoms in total. The fraction of sp³-hybridized carbons (Fsp3) is 0.227. The lowest BCUT2D eigenvalue weighted by Gasteiger charge is -2.13. The van der Waals surface area contributed by atoms with Crippen LogP contribution in [0.4, 0.5) is 0 Å². The predicted molar refractivity (Wildman–Crippen MR) is 112 cm³/mol. The van der Waals surface area contributed by atoms with E-state index in [1.807, 2.05) is 70.8 Å². The van der Waals surface area contributed by atoms with E-state index < -0.39 is 12.1 Å². The summed E-state index contributed by atoms with van der Waals surface area (Å²) in [5, 5.41) is 1.93. The van der Waals surface area contributed by atoms with Crippen molar-refractivity contribution in [1.29, 1.82) is 0 Å². The van der Waals surface area contributed by atoms with E-state index in [2.05, 4.69) is 4.98 Å². The van der Waals surface area contributed by atoms with Crippen LogP contribution in [0.2, 0.25) is 0 Å². The maximum Gasteiger partial charge on any atom is 0.312 e. The Balaban J connectivity index is 1.47. The van der Waals surface area contributed by atoms with Gasteiger partial charge in [0, 0.05) is 40.4 Å². The third-order valence-corrected chi connectivity index (χ3v) is 5.63. The van der Waals surface area contributed by atoms with Crippen molar-refractivity contribution < 1.29 is 14.3 Å². The van der Waals surface area contributed by atoms with Crippen molar-refractivity contribution in [3.8, 4) is 5.69 Å². The Bertz CT molecular complexity index is 1160. The summed E-state index contributed by atoms with van der Waals surface area (Å²) in [6, 6.07) is 11.7. The van der Waals surface area contributed by atoms with Crippen molar-refractivity contribution in [2.75, 3.05) is 0 Å². The van der Waals surface area contributed by atoms with Gasteiger partial charge in [-0.15, -0.1) is 11.3 Å². The minimum atomic E-state index is -0.865. The van der Waals surface area contributed by atoms with Crippen LogP contribution in [-0.4, -0.2) is 31.8 Å². The van der Waals surface area contributed by atoms with Gasteiger partial charge in [-0.05, 0) is 39.0 Å². The fourth-order valence-electron chi connectivity index (χ4n) is 3.51. The molecule has 0 unspecified atom stereocenters. The van der Waals surface area contributed by atoms with Crippen LogP contribution in [0, 0.1) is 13.8 Å². The molecule has 0 fully saturated rings. The van der Waals surface area contributed by atoms with E-state index in [-0.39, 0.29) is 12.2 Å². The van der Waals surface area contributed by atoms with Crippen LogP contribution in [0.3, 0.4) is 0 Å². The number of rotatable bonds is 6. The van der Waals surface area contributed by atoms with Gasteiger partial charge in [0.15, 0.2) is 11.1 Å². The molecule has 0 radical (unpaired) electrons. The quantitative estimate of drug-likeness (QED) is 0.356. The summed E-state index contributed by atoms with van der Waals surface area (Å²) in [5.41, 5.74) is 3.97. The van der Waals surface area contributed by atoms with Crippen LogP contribution >= 0.6 is 11.3 Å². The number of aromatic nitrogens is 3. The largest absolute Gasteiger partial charge is 0.454 e. The second-order valence-electron chi connectivity index (χ2n) is 6.95. The zero-order chi connectivity index (χ0) is 20.5. The van der Waals surface area contributed by atoms with Crippen molar-refractivity contribution in [3.05, 3.63) is 76.8 Å². The molecular weight excluding hydrogens is 386 g/mol. The van der Waals surface area contributed by atoms with Gasteiger partial charge in [0.25, 0.3) is 0 Å². The number of esters is 1. The molecule has 3 heterocycles. The highest BCUT2D eigenvalue weighted by Gasteiger charge is 2.24. The summed E-state index contributed by atoms with van der Waals surface area (Å²) in [5.74, 6) is -0.673. The lowest BCUT2D eigenvalue weighted by Crippen LogP contribution is -2.25. The number of carbonyl (C=O) groups excluding carboxylic acids is 2. The molecule has 148 valence electrons. The number of ether oxygens (including phenoxy) is 1. The number of imidazole rings is 1. The first-order chi connectivity index (χ1) is 13.9. The number of carbonyl (C=O) groups is 2. The molecule has 0 saturated carbocycles. The highest BCUT2D eigenvalue weighted by molar-refractivity contribution is 7.15. The minimum absolute atomic E-state index is 0.0368. The maximum absolute atomic E-state index is 12.9. The van der Waals surface area contributed by atoms with Crippen molar-refractivity contribution in [3.63, 3.8) is 0 Å². The topological polar surface area (TPSA) is 65.6 Å². The predicted octanol–water partition coefficient (Wildman–Crippen LogP) is 4.16. The molecule has 0 bridgehead atoms. The number of para-hydroxylation sites is 1. The Morgan fingerprint density at radius 2 is 1.97 bits per heavy atom. The fourth-order valence-corrected chi connectivity index (χ4v) is 4.23. The molecule has 0 aliphatic carbocycles. The summed E-state index contributed by atoms with van der Waals surface area (Å²) in [6.45, 7) is 5.47. The van der Waals surface area contributed by atoms with Gasteiger partial charge in [-0.3, -0.25) is 14.0 Å². The van der Waals surface area contributed by atoms with E-state index in [4.69, 9.17) is 4.74 Å². The standard InChI is InChI=1S/C22H21N3O3S/c1-14-11-19(15(2)25(14)18-7-5-4-6-8-18)21(27)16(3)28-20(26)12-17-13-24-9-10-29-22(24)23-17/h4-11,13,16H,12H2,1-3H3/t16-/m0/s1. The van der Waals surface area contributed by atoms with Crippen LogP contribution in [0.5, 0.6) is 0 Å². The molecule has 0 aliphatic rings. The smallest absolute Gasteiger partial charge is 0.312 e. The Kier molecular flexibility index (Phi) is 5.07. The van der Waals surface area contributed by atoms with Crippen LogP contribution in [-0.2, 0) is 16.0 Å². The van der Waals surface area contributed by atoms with Crippen LogP contribution < -0.4 is 0 Å². The molecule has 3 aromatic heterocycles. The molecule has 0 saturated heterocycles. The van der Waals surface area contributed by atoms with E-state index in [1.54, 1.807) is 13.1 Å². The number of hydrogen-bond donors (Lipinski definition) is 0. The number of ketones is 1. The van der Waals surface area contributed by atoms with Crippen LogP contribution in [0.25, 0.3) is 10.6 Å². The molecule has 0 aliphatic heterocycles. The normalized spacial score (nSPS) is 12.2. The van der Waals surface area contributed by atoms with Gasteiger partial charge in [0.05, 0.1) is 12.1 Å². The van der Waals surface area contributed by atoms with Gasteiger partial charge < -0.3 is 9.30 Å². The number of hydrogen-bond acceptors (Lipinski definition) is 5. The number of aryl methyl sites for hydroxylation is 1. The maximum atomic E-state index is 12.9. The zero-order valence-electron chi connectivity index (χ0n) is 16.5. The van der Waals surface area contributed by atoms with Gasteiger partial charge in [0.1, 0.15) is 0 Å². The molecule has 1 atom stereocenters. The Morgan fingerprint density at radius 3 is 2.69 bits per heavy atom. The second-order valence-corrected chi connectivity index (χ2v) is 7.83. The molecule has 1 aromatic carbocycles. The Hall–Kier alpha value is -3.19. The lowest BCUT2D eigenvalue weighted by molar-refractivity contribution is -0.145. The van der Waals surface area contributed by atoms with Crippen LogP contribution in [0.15, 0.2) is 54.2 Å². The Morgan fingerprint density at radius 1 is 1.21 bits per heavy atom. The monoisotopic (exact) mass is 407 g/mol. The van der Waals surface area contributed by atoms with Gasteiger partial charge >= 0.3 is 5.97 Å². The van der Waals surface area contributed by atoms with Crippen molar-refractivity contribution in [2.24, 2.45) is 0 Å². The molecule has 4 aromatic rings. The third kappa shape index (κ3) is 3.73. The third-order valence-electron chi connectivity index (χ3n) is 4.86. The zero-order valence-corrected chi connectivity index (χ0v) is 17.3. The first kappa shape index (κ1) is 19.1. The SMILES string of the molecule is Cc1cc(C(=O)[C@H](C)OC(=O)Cc2cn3ccsc3n2)c(C)n1-c1ccccc1. The summed E-state index contributed by atoms with van der Waals surface area (Å²) < 4.78 is 9.30. The summed E-state index contributed by atoms with van der Waals surface area (Å²) in [6.07, 6.45) is 2.86. The molecule has 4 rings (SSSR count). The summed E-state index contributed by atoms with van der Waals surface area (Å²) in [4.78, 5) is 30.5. The van der Waals surface area contributed by atoms with Gasteiger partial charge in [0.2, 0.25) is 5.78 Å². The second kappa shape index (κ2) is 7.67. The van der Waals surface area contributed by atoms with Gasteiger partial charge in [-0.1, -0.05) is 18.2 Å². The number of fused-ring (bicyclic) bond motifs is 1. The van der Waals surface area contributed by atoms with Gasteiger partial charge in [-0.25, -0.2) is 4.98 Å². The van der Waals surface area contributed by atoms with E-state index >= 15 is 0 Å². The number of nitrogens with zero attached hydrogens (tertiary/aromatic N) is 3. The average Bonchev–Trinajstić information content (AvgIpc) is 3.35.